The van der Waals surface area contributed by atoms with Gasteiger partial charge >= 0.3 is 0 Å². The number of hydrogen-bond acceptors (Lipinski definition) is 0. The maximum Gasteiger partial charge on any atom is 0.0870 e. The highest BCUT2D eigenvalue weighted by Gasteiger charge is 2.20. The van der Waals surface area contributed by atoms with E-state index in [4.69, 9.17) is 0 Å². The molecule has 66 valence electrons. The molecule has 0 saturated carbocycles. The fourth-order valence-corrected chi connectivity index (χ4v) is 3.12. The van der Waals surface area contributed by atoms with E-state index in [9.17, 15) is 4.39 Å². The lowest BCUT2D eigenvalue weighted by Crippen LogP contribution is -1.98. The first kappa shape index (κ1) is 9.67. The lowest BCUT2D eigenvalue weighted by molar-refractivity contribution is 0.675. The third kappa shape index (κ3) is 1.84. The molecule has 2 atom stereocenters. The van der Waals surface area contributed by atoms with Crippen molar-refractivity contribution in [3.63, 3.8) is 0 Å². The largest absolute Gasteiger partial charge is 0.216 e. The summed E-state index contributed by atoms with van der Waals surface area (Å²) >= 11 is 0. The second-order valence-corrected chi connectivity index (χ2v) is 4.15. The summed E-state index contributed by atoms with van der Waals surface area (Å²) in [6.07, 6.45) is 6.37. The first-order valence-corrected chi connectivity index (χ1v) is 5.41. The van der Waals surface area contributed by atoms with Crippen LogP contribution in [0.5, 0.6) is 0 Å². The Morgan fingerprint density at radius 3 is 3.00 bits per heavy atom. The number of rotatable bonds is 3. The molecule has 1 aliphatic heterocycles. The zero-order valence-corrected chi connectivity index (χ0v) is 8.31. The van der Waals surface area contributed by atoms with E-state index in [2.05, 4.69) is 13.5 Å². The van der Waals surface area contributed by atoms with Crippen LogP contribution in [0.2, 0.25) is 0 Å². The minimum absolute atomic E-state index is 0.559. The van der Waals surface area contributed by atoms with Gasteiger partial charge in [-0.1, -0.05) is 28.2 Å². The van der Waals surface area contributed by atoms with Crippen LogP contribution in [0.15, 0.2) is 35.9 Å². The highest BCUT2D eigenvalue weighted by molar-refractivity contribution is 7.44. The maximum atomic E-state index is 12.0. The van der Waals surface area contributed by atoms with Gasteiger partial charge in [0.2, 0.25) is 0 Å². The highest BCUT2D eigenvalue weighted by Crippen LogP contribution is 2.43. The summed E-state index contributed by atoms with van der Waals surface area (Å²) in [4.78, 5) is 0. The molecule has 0 aromatic carbocycles. The molecule has 0 spiro atoms. The molecule has 0 aliphatic carbocycles. The lowest BCUT2D eigenvalue weighted by atomic mass is 9.98. The Morgan fingerprint density at radius 2 is 2.50 bits per heavy atom. The fourth-order valence-electron chi connectivity index (χ4n) is 1.51. The third-order valence-electron chi connectivity index (χ3n) is 2.23. The molecule has 0 nitrogen and oxygen atoms in total. The average Bonchev–Trinajstić information content (AvgIpc) is 2.48. The molecule has 0 radical (unpaired) electrons. The van der Waals surface area contributed by atoms with Gasteiger partial charge in [0.1, 0.15) is 0 Å². The van der Waals surface area contributed by atoms with Gasteiger partial charge in [-0.15, -0.1) is 0 Å². The summed E-state index contributed by atoms with van der Waals surface area (Å²) in [6.45, 7) is 5.88. The minimum Gasteiger partial charge on any atom is -0.216 e. The van der Waals surface area contributed by atoms with E-state index < -0.39 is 0 Å². The van der Waals surface area contributed by atoms with Crippen molar-refractivity contribution in [2.45, 2.75) is 13.3 Å². The Labute approximate surface area is 75.0 Å². The second-order valence-electron chi connectivity index (χ2n) is 2.85. The van der Waals surface area contributed by atoms with Crippen molar-refractivity contribution in [3.05, 3.63) is 35.9 Å². The quantitative estimate of drug-likeness (QED) is 0.587. The van der Waals surface area contributed by atoms with Crippen LogP contribution < -0.4 is 0 Å². The Hall–Kier alpha value is -0.420. The molecule has 1 heterocycles. The molecule has 0 fully saturated rings. The van der Waals surface area contributed by atoms with E-state index in [1.54, 1.807) is 6.08 Å². The Balaban J connectivity index is 2.88. The van der Waals surface area contributed by atoms with Gasteiger partial charge in [0.25, 0.3) is 0 Å². The Bertz CT molecular complexity index is 228. The van der Waals surface area contributed by atoms with E-state index in [0.29, 0.717) is 12.2 Å². The van der Waals surface area contributed by atoms with E-state index in [-0.39, 0.29) is 0 Å². The van der Waals surface area contributed by atoms with E-state index in [0.717, 1.165) is 20.6 Å². The van der Waals surface area contributed by atoms with E-state index >= 15 is 0 Å². The molecular weight excluding hydrogens is 170 g/mol. The molecule has 2 unspecified atom stereocenters. The molecule has 2 heteroatoms. The van der Waals surface area contributed by atoms with E-state index in [1.165, 1.54) is 11.5 Å². The van der Waals surface area contributed by atoms with E-state index in [1.807, 2.05) is 6.08 Å². The van der Waals surface area contributed by atoms with Gasteiger partial charge in [0.05, 0.1) is 6.33 Å². The zero-order valence-electron chi connectivity index (χ0n) is 7.31. The molecule has 0 saturated heterocycles. The van der Waals surface area contributed by atoms with Crippen LogP contribution >= 0.6 is 8.58 Å². The summed E-state index contributed by atoms with van der Waals surface area (Å²) in [7, 11) is 0.821. The van der Waals surface area contributed by atoms with Crippen LogP contribution in [-0.2, 0) is 0 Å². The lowest BCUT2D eigenvalue weighted by Gasteiger charge is -2.06. The minimum atomic E-state index is 0.559. The molecule has 0 amide bonds. The first-order chi connectivity index (χ1) is 5.83. The normalized spacial score (nSPS) is 26.0. The molecule has 1 aliphatic rings. The topological polar surface area (TPSA) is 0 Å². The van der Waals surface area contributed by atoms with Crippen LogP contribution in [0.4, 0.5) is 4.39 Å². The molecular formula is C10H14FP. The van der Waals surface area contributed by atoms with Crippen molar-refractivity contribution >= 4 is 8.58 Å². The third-order valence-corrected chi connectivity index (χ3v) is 3.80. The van der Waals surface area contributed by atoms with Gasteiger partial charge in [0.15, 0.2) is 0 Å². The molecule has 0 aromatic heterocycles. The SMILES string of the molecule is C=CC1=C(/C=C/F)C(CC)CP1. The monoisotopic (exact) mass is 184 g/mol. The van der Waals surface area contributed by atoms with Gasteiger partial charge in [0, 0.05) is 0 Å². The average molecular weight is 184 g/mol. The second kappa shape index (κ2) is 4.57. The molecule has 1 rings (SSSR count). The van der Waals surface area contributed by atoms with Crippen molar-refractivity contribution in [1.29, 1.82) is 0 Å². The van der Waals surface area contributed by atoms with Crippen LogP contribution in [0.25, 0.3) is 0 Å². The first-order valence-electron chi connectivity index (χ1n) is 4.20. The van der Waals surface area contributed by atoms with Crippen molar-refractivity contribution in [2.24, 2.45) is 5.92 Å². The summed E-state index contributed by atoms with van der Waals surface area (Å²) < 4.78 is 12.0. The summed E-state index contributed by atoms with van der Waals surface area (Å²) in [5.41, 5.74) is 1.16. The number of halogens is 1. The van der Waals surface area contributed by atoms with Gasteiger partial charge < -0.3 is 0 Å². The van der Waals surface area contributed by atoms with Crippen LogP contribution in [0.3, 0.4) is 0 Å². The molecule has 0 bridgehead atoms. The Morgan fingerprint density at radius 1 is 1.75 bits per heavy atom. The highest BCUT2D eigenvalue weighted by atomic mass is 31.1. The molecule has 0 N–H and O–H groups in total. The van der Waals surface area contributed by atoms with Gasteiger partial charge in [-0.05, 0) is 35.5 Å². The molecule has 12 heavy (non-hydrogen) atoms. The van der Waals surface area contributed by atoms with Crippen molar-refractivity contribution < 1.29 is 4.39 Å². The van der Waals surface area contributed by atoms with Gasteiger partial charge in [-0.25, -0.2) is 4.39 Å². The van der Waals surface area contributed by atoms with Crippen LogP contribution in [0.1, 0.15) is 13.3 Å². The Kier molecular flexibility index (Phi) is 3.68. The van der Waals surface area contributed by atoms with Gasteiger partial charge in [-0.2, -0.15) is 0 Å². The number of allylic oxidation sites excluding steroid dienone is 4. The summed E-state index contributed by atoms with van der Waals surface area (Å²) in [6, 6.07) is 0. The van der Waals surface area contributed by atoms with Crippen LogP contribution in [0, 0.1) is 5.92 Å². The van der Waals surface area contributed by atoms with Gasteiger partial charge in [-0.3, -0.25) is 0 Å². The summed E-state index contributed by atoms with van der Waals surface area (Å²) in [5, 5.41) is 1.25. The van der Waals surface area contributed by atoms with Crippen molar-refractivity contribution in [1.82, 2.24) is 0 Å². The fraction of sp³-hybridized carbons (Fsp3) is 0.400. The maximum absolute atomic E-state index is 12.0. The predicted molar refractivity (Wildman–Crippen MR) is 54.4 cm³/mol. The predicted octanol–water partition coefficient (Wildman–Crippen LogP) is 3.63. The smallest absolute Gasteiger partial charge is 0.0870 e. The summed E-state index contributed by atoms with van der Waals surface area (Å²) in [5.74, 6) is 0.559. The molecule has 0 aromatic rings. The zero-order chi connectivity index (χ0) is 8.97. The van der Waals surface area contributed by atoms with Crippen molar-refractivity contribution in [3.8, 4) is 0 Å². The van der Waals surface area contributed by atoms with Crippen LogP contribution in [-0.4, -0.2) is 6.16 Å². The van der Waals surface area contributed by atoms with Crippen molar-refractivity contribution in [2.75, 3.05) is 6.16 Å². The number of hydrogen-bond donors (Lipinski definition) is 0. The standard InChI is InChI=1S/C10H14FP/c1-3-8-7-12-10(4-2)9(8)5-6-11/h4-6,8,12H,2-3,7H2,1H3/b6-5+.